The van der Waals surface area contributed by atoms with Crippen LogP contribution >= 0.6 is 0 Å². The van der Waals surface area contributed by atoms with Crippen LogP contribution in [0.15, 0.2) is 61.1 Å². The molecule has 1 amide bonds. The number of aromatic nitrogens is 5. The van der Waals surface area contributed by atoms with E-state index in [4.69, 9.17) is 10.1 Å². The minimum Gasteiger partial charge on any atom is -0.337 e. The Bertz CT molecular complexity index is 1190. The van der Waals surface area contributed by atoms with E-state index in [2.05, 4.69) is 9.97 Å². The number of rotatable bonds is 3. The molecular formula is C22H20N6O. The molecule has 7 heteroatoms. The molecule has 7 nitrogen and oxygen atoms in total. The van der Waals surface area contributed by atoms with Crippen molar-refractivity contribution in [1.29, 1.82) is 0 Å². The Balaban J connectivity index is 1.37. The summed E-state index contributed by atoms with van der Waals surface area (Å²) in [4.78, 5) is 27.7. The van der Waals surface area contributed by atoms with Crippen LogP contribution in [0.1, 0.15) is 34.3 Å². The SMILES string of the molecule is Cc1cccc(C(=O)N2CCC(c3nc4ccc(-c5ccncc5)cn4n3)C2)n1. The van der Waals surface area contributed by atoms with Gasteiger partial charge in [0.15, 0.2) is 11.5 Å². The normalized spacial score (nSPS) is 16.4. The van der Waals surface area contributed by atoms with Crippen molar-refractivity contribution in [3.05, 3.63) is 78.3 Å². The second-order valence-corrected chi connectivity index (χ2v) is 7.33. The van der Waals surface area contributed by atoms with E-state index in [0.29, 0.717) is 18.8 Å². The number of likely N-dealkylation sites (tertiary alicyclic amines) is 1. The van der Waals surface area contributed by atoms with E-state index in [1.807, 2.05) is 58.9 Å². The van der Waals surface area contributed by atoms with Gasteiger partial charge in [-0.25, -0.2) is 14.5 Å². The Morgan fingerprint density at radius 1 is 1.03 bits per heavy atom. The van der Waals surface area contributed by atoms with Gasteiger partial charge >= 0.3 is 0 Å². The zero-order valence-corrected chi connectivity index (χ0v) is 16.1. The van der Waals surface area contributed by atoms with E-state index in [-0.39, 0.29) is 11.8 Å². The number of aryl methyl sites for hydroxylation is 1. The highest BCUT2D eigenvalue weighted by Crippen LogP contribution is 2.27. The van der Waals surface area contributed by atoms with Crippen molar-refractivity contribution in [2.75, 3.05) is 13.1 Å². The Morgan fingerprint density at radius 2 is 1.90 bits per heavy atom. The lowest BCUT2D eigenvalue weighted by Crippen LogP contribution is -2.29. The van der Waals surface area contributed by atoms with Gasteiger partial charge in [0.2, 0.25) is 0 Å². The Morgan fingerprint density at radius 3 is 2.72 bits per heavy atom. The number of nitrogens with zero attached hydrogens (tertiary/aromatic N) is 6. The van der Waals surface area contributed by atoms with Crippen LogP contribution < -0.4 is 0 Å². The van der Waals surface area contributed by atoms with Crippen molar-refractivity contribution in [3.63, 3.8) is 0 Å². The first-order valence-corrected chi connectivity index (χ1v) is 9.67. The predicted molar refractivity (Wildman–Crippen MR) is 108 cm³/mol. The molecule has 144 valence electrons. The van der Waals surface area contributed by atoms with Gasteiger partial charge in [0.1, 0.15) is 5.69 Å². The average Bonchev–Trinajstić information content (AvgIpc) is 3.40. The van der Waals surface area contributed by atoms with Gasteiger partial charge in [0.25, 0.3) is 5.91 Å². The van der Waals surface area contributed by atoms with E-state index < -0.39 is 0 Å². The van der Waals surface area contributed by atoms with Gasteiger partial charge in [-0.3, -0.25) is 9.78 Å². The zero-order chi connectivity index (χ0) is 19.8. The van der Waals surface area contributed by atoms with Crippen molar-refractivity contribution in [1.82, 2.24) is 29.5 Å². The fourth-order valence-corrected chi connectivity index (χ4v) is 3.77. The standard InChI is InChI=1S/C22H20N6O/c1-15-3-2-4-19(24-15)22(29)27-12-9-18(13-27)21-25-20-6-5-17(14-28(20)26-21)16-7-10-23-11-8-16/h2-8,10-11,14,18H,9,12-13H2,1H3. The molecule has 0 saturated carbocycles. The maximum atomic E-state index is 12.8. The van der Waals surface area contributed by atoms with Gasteiger partial charge in [-0.15, -0.1) is 0 Å². The summed E-state index contributed by atoms with van der Waals surface area (Å²) in [5.41, 5.74) is 4.30. The molecule has 4 aromatic rings. The summed E-state index contributed by atoms with van der Waals surface area (Å²) in [6.07, 6.45) is 6.39. The molecule has 1 fully saturated rings. The van der Waals surface area contributed by atoms with E-state index in [1.165, 1.54) is 0 Å². The minimum atomic E-state index is -0.0278. The van der Waals surface area contributed by atoms with Crippen molar-refractivity contribution in [3.8, 4) is 11.1 Å². The third-order valence-electron chi connectivity index (χ3n) is 5.31. The molecule has 0 aliphatic carbocycles. The van der Waals surface area contributed by atoms with E-state index in [1.54, 1.807) is 18.5 Å². The van der Waals surface area contributed by atoms with Gasteiger partial charge in [0, 0.05) is 48.9 Å². The Labute approximate surface area is 168 Å². The van der Waals surface area contributed by atoms with E-state index in [9.17, 15) is 4.79 Å². The van der Waals surface area contributed by atoms with Crippen LogP contribution in [0.4, 0.5) is 0 Å². The molecule has 0 aromatic carbocycles. The van der Waals surface area contributed by atoms with Gasteiger partial charge in [-0.2, -0.15) is 5.10 Å². The summed E-state index contributed by atoms with van der Waals surface area (Å²) < 4.78 is 1.82. The Hall–Kier alpha value is -3.61. The monoisotopic (exact) mass is 384 g/mol. The molecule has 1 aliphatic rings. The summed E-state index contributed by atoms with van der Waals surface area (Å²) in [6, 6.07) is 13.5. The highest BCUT2D eigenvalue weighted by molar-refractivity contribution is 5.92. The lowest BCUT2D eigenvalue weighted by Gasteiger charge is -2.15. The zero-order valence-electron chi connectivity index (χ0n) is 16.1. The van der Waals surface area contributed by atoms with Crippen molar-refractivity contribution >= 4 is 11.6 Å². The predicted octanol–water partition coefficient (Wildman–Crippen LogP) is 3.12. The molecule has 1 atom stereocenters. The molecule has 0 bridgehead atoms. The first-order chi connectivity index (χ1) is 14.2. The molecule has 5 heterocycles. The highest BCUT2D eigenvalue weighted by atomic mass is 16.2. The second kappa shape index (κ2) is 7.09. The van der Waals surface area contributed by atoms with Gasteiger partial charge in [0.05, 0.1) is 0 Å². The maximum Gasteiger partial charge on any atom is 0.272 e. The number of amides is 1. The van der Waals surface area contributed by atoms with Crippen molar-refractivity contribution in [2.45, 2.75) is 19.3 Å². The lowest BCUT2D eigenvalue weighted by molar-refractivity contribution is 0.0784. The Kier molecular flexibility index (Phi) is 4.27. The smallest absolute Gasteiger partial charge is 0.272 e. The van der Waals surface area contributed by atoms with Crippen LogP contribution in [0.25, 0.3) is 16.8 Å². The van der Waals surface area contributed by atoms with Crippen LogP contribution in [0.2, 0.25) is 0 Å². The number of fused-ring (bicyclic) bond motifs is 1. The third-order valence-corrected chi connectivity index (χ3v) is 5.31. The number of hydrogen-bond acceptors (Lipinski definition) is 5. The summed E-state index contributed by atoms with van der Waals surface area (Å²) in [5.74, 6) is 0.886. The summed E-state index contributed by atoms with van der Waals surface area (Å²) in [5, 5.41) is 4.70. The fourth-order valence-electron chi connectivity index (χ4n) is 3.77. The summed E-state index contributed by atoms with van der Waals surface area (Å²) in [7, 11) is 0. The van der Waals surface area contributed by atoms with Crippen LogP contribution in [-0.4, -0.2) is 48.5 Å². The van der Waals surface area contributed by atoms with Gasteiger partial charge in [-0.1, -0.05) is 6.07 Å². The van der Waals surface area contributed by atoms with Crippen molar-refractivity contribution < 1.29 is 4.79 Å². The van der Waals surface area contributed by atoms with E-state index >= 15 is 0 Å². The molecule has 29 heavy (non-hydrogen) atoms. The molecule has 0 radical (unpaired) electrons. The number of pyridine rings is 3. The third kappa shape index (κ3) is 3.35. The quantitative estimate of drug-likeness (QED) is 0.542. The number of carbonyl (C=O) groups excluding carboxylic acids is 1. The van der Waals surface area contributed by atoms with Crippen LogP contribution in [0, 0.1) is 6.92 Å². The molecule has 1 aliphatic heterocycles. The second-order valence-electron chi connectivity index (χ2n) is 7.33. The molecule has 0 N–H and O–H groups in total. The topological polar surface area (TPSA) is 76.3 Å². The largest absolute Gasteiger partial charge is 0.337 e. The molecule has 1 unspecified atom stereocenters. The van der Waals surface area contributed by atoms with E-state index in [0.717, 1.165) is 34.7 Å². The average molecular weight is 384 g/mol. The molecule has 5 rings (SSSR count). The summed E-state index contributed by atoms with van der Waals surface area (Å²) in [6.45, 7) is 3.20. The van der Waals surface area contributed by atoms with Crippen LogP contribution in [-0.2, 0) is 0 Å². The first-order valence-electron chi connectivity index (χ1n) is 9.67. The van der Waals surface area contributed by atoms with Crippen LogP contribution in [0.5, 0.6) is 0 Å². The lowest BCUT2D eigenvalue weighted by atomic mass is 10.1. The fraction of sp³-hybridized carbons (Fsp3) is 0.227. The highest BCUT2D eigenvalue weighted by Gasteiger charge is 2.31. The molecule has 4 aromatic heterocycles. The molecular weight excluding hydrogens is 364 g/mol. The van der Waals surface area contributed by atoms with Gasteiger partial charge < -0.3 is 4.90 Å². The molecule has 0 spiro atoms. The van der Waals surface area contributed by atoms with Gasteiger partial charge in [-0.05, 0) is 55.3 Å². The minimum absolute atomic E-state index is 0.0278. The summed E-state index contributed by atoms with van der Waals surface area (Å²) >= 11 is 0. The number of carbonyl (C=O) groups is 1. The molecule has 1 saturated heterocycles. The number of hydrogen-bond donors (Lipinski definition) is 0. The van der Waals surface area contributed by atoms with Crippen LogP contribution in [0.3, 0.4) is 0 Å². The maximum absolute atomic E-state index is 12.8. The first kappa shape index (κ1) is 17.5. The van der Waals surface area contributed by atoms with Crippen molar-refractivity contribution in [2.24, 2.45) is 0 Å².